The van der Waals surface area contributed by atoms with Crippen molar-refractivity contribution in [2.24, 2.45) is 0 Å². The Morgan fingerprint density at radius 3 is 2.60 bits per heavy atom. The number of epoxide rings is 1. The minimum absolute atomic E-state index is 0.0249. The molecule has 1 heterocycles. The van der Waals surface area contributed by atoms with Crippen molar-refractivity contribution >= 4 is 0 Å². The molecule has 0 aromatic rings. The van der Waals surface area contributed by atoms with E-state index in [-0.39, 0.29) is 11.7 Å². The van der Waals surface area contributed by atoms with Gasteiger partial charge in [-0.25, -0.2) is 0 Å². The lowest BCUT2D eigenvalue weighted by atomic mass is 10.0. The van der Waals surface area contributed by atoms with E-state index in [4.69, 9.17) is 4.74 Å². The molecule has 10 heavy (non-hydrogen) atoms. The number of aliphatic hydroxyl groups is 1. The van der Waals surface area contributed by atoms with Crippen LogP contribution in [-0.2, 0) is 4.74 Å². The molecule has 3 atom stereocenters. The van der Waals surface area contributed by atoms with Crippen LogP contribution in [0.5, 0.6) is 0 Å². The van der Waals surface area contributed by atoms with Gasteiger partial charge in [-0.3, -0.25) is 0 Å². The van der Waals surface area contributed by atoms with Crippen LogP contribution in [0.3, 0.4) is 0 Å². The quantitative estimate of drug-likeness (QED) is 0.432. The molecule has 2 nitrogen and oxygen atoms in total. The molecule has 2 aliphatic rings. The zero-order chi connectivity index (χ0) is 7.41. The Bertz CT molecular complexity index is 190. The lowest BCUT2D eigenvalue weighted by Crippen LogP contribution is -2.29. The van der Waals surface area contributed by atoms with Crippen molar-refractivity contribution in [2.75, 3.05) is 0 Å². The number of rotatable bonds is 1. The largest absolute Gasteiger partial charge is 0.383 e. The molecule has 0 radical (unpaired) electrons. The van der Waals surface area contributed by atoms with E-state index >= 15 is 0 Å². The molecule has 1 N–H and O–H groups in total. The second kappa shape index (κ2) is 1.46. The maximum atomic E-state index is 9.73. The van der Waals surface area contributed by atoms with Gasteiger partial charge in [0.15, 0.2) is 0 Å². The van der Waals surface area contributed by atoms with Crippen LogP contribution in [0, 0.1) is 0 Å². The molecule has 0 bridgehead atoms. The molecule has 1 aliphatic heterocycles. The summed E-state index contributed by atoms with van der Waals surface area (Å²) in [5.74, 6) is 0. The van der Waals surface area contributed by atoms with Gasteiger partial charge < -0.3 is 9.84 Å². The van der Waals surface area contributed by atoms with Gasteiger partial charge in [-0.2, -0.15) is 0 Å². The second-order valence-electron chi connectivity index (χ2n) is 3.51. The van der Waals surface area contributed by atoms with Gasteiger partial charge in [-0.05, 0) is 19.8 Å². The Morgan fingerprint density at radius 2 is 2.40 bits per heavy atom. The first-order valence-corrected chi connectivity index (χ1v) is 3.64. The van der Waals surface area contributed by atoms with E-state index in [1.807, 2.05) is 6.92 Å². The highest BCUT2D eigenvalue weighted by atomic mass is 16.6. The van der Waals surface area contributed by atoms with Crippen molar-refractivity contribution in [2.45, 2.75) is 37.1 Å². The molecular weight excluding hydrogens is 128 g/mol. The molecule has 2 fully saturated rings. The van der Waals surface area contributed by atoms with E-state index in [1.165, 1.54) is 0 Å². The first-order valence-electron chi connectivity index (χ1n) is 3.64. The number of hydrogen-bond donors (Lipinski definition) is 1. The van der Waals surface area contributed by atoms with Crippen LogP contribution in [0.2, 0.25) is 0 Å². The van der Waals surface area contributed by atoms with Gasteiger partial charge >= 0.3 is 0 Å². The van der Waals surface area contributed by atoms with Crippen LogP contribution in [0.4, 0.5) is 0 Å². The summed E-state index contributed by atoms with van der Waals surface area (Å²) in [7, 11) is 0. The van der Waals surface area contributed by atoms with Crippen LogP contribution >= 0.6 is 0 Å². The molecule has 0 aromatic carbocycles. The van der Waals surface area contributed by atoms with Gasteiger partial charge in [-0.1, -0.05) is 6.08 Å². The maximum absolute atomic E-state index is 9.73. The summed E-state index contributed by atoms with van der Waals surface area (Å²) in [6.07, 6.45) is 3.39. The molecule has 56 valence electrons. The molecule has 0 amide bonds. The Hall–Kier alpha value is -0.340. The highest BCUT2D eigenvalue weighted by molar-refractivity contribution is 5.22. The molecule has 0 aromatic heterocycles. The lowest BCUT2D eigenvalue weighted by Gasteiger charge is -2.16. The molecule has 2 heteroatoms. The first kappa shape index (κ1) is 6.38. The average Bonchev–Trinajstić information content (AvgIpc) is 2.54. The Kier molecular flexibility index (Phi) is 0.930. The monoisotopic (exact) mass is 140 g/mol. The predicted octanol–water partition coefficient (Wildman–Crippen LogP) is 0.855. The summed E-state index contributed by atoms with van der Waals surface area (Å²) in [6, 6.07) is 0. The molecule has 1 aliphatic carbocycles. The van der Waals surface area contributed by atoms with Crippen molar-refractivity contribution in [3.05, 3.63) is 12.7 Å². The first-order chi connectivity index (χ1) is 4.61. The van der Waals surface area contributed by atoms with Crippen molar-refractivity contribution < 1.29 is 9.84 Å². The number of ether oxygens (including phenoxy) is 1. The zero-order valence-electron chi connectivity index (χ0n) is 6.13. The van der Waals surface area contributed by atoms with Crippen LogP contribution in [-0.4, -0.2) is 22.4 Å². The smallest absolute Gasteiger partial charge is 0.119 e. The summed E-state index contributed by atoms with van der Waals surface area (Å²) in [5, 5.41) is 9.73. The Balaban J connectivity index is 2.23. The van der Waals surface area contributed by atoms with Gasteiger partial charge in [0.25, 0.3) is 0 Å². The highest BCUT2D eigenvalue weighted by Crippen LogP contribution is 2.55. The van der Waals surface area contributed by atoms with Crippen molar-refractivity contribution in [3.8, 4) is 0 Å². The SMILES string of the molecule is C=C[C@@]1(O)CC[C@]2(C)O[C@H]12. The van der Waals surface area contributed by atoms with Crippen molar-refractivity contribution in [3.63, 3.8) is 0 Å². The number of fused-ring (bicyclic) bond motifs is 1. The molecule has 1 saturated heterocycles. The van der Waals surface area contributed by atoms with E-state index in [0.717, 1.165) is 12.8 Å². The van der Waals surface area contributed by atoms with E-state index in [1.54, 1.807) is 6.08 Å². The fourth-order valence-electron chi connectivity index (χ4n) is 1.84. The van der Waals surface area contributed by atoms with Gasteiger partial charge in [0.2, 0.25) is 0 Å². The predicted molar refractivity (Wildman–Crippen MR) is 37.7 cm³/mol. The fraction of sp³-hybridized carbons (Fsp3) is 0.750. The zero-order valence-corrected chi connectivity index (χ0v) is 6.13. The standard InChI is InChI=1S/C8H12O2/c1-3-8(9)5-4-7(2)6(8)10-7/h3,6,9H,1,4-5H2,2H3/t6-,7-,8+/m0/s1. The molecular formula is C8H12O2. The molecule has 1 saturated carbocycles. The fourth-order valence-corrected chi connectivity index (χ4v) is 1.84. The van der Waals surface area contributed by atoms with Crippen molar-refractivity contribution in [1.82, 2.24) is 0 Å². The van der Waals surface area contributed by atoms with Crippen LogP contribution in [0.15, 0.2) is 12.7 Å². The van der Waals surface area contributed by atoms with Crippen LogP contribution < -0.4 is 0 Å². The summed E-state index contributed by atoms with van der Waals surface area (Å²) in [5.41, 5.74) is -0.752. The number of hydrogen-bond acceptors (Lipinski definition) is 2. The van der Waals surface area contributed by atoms with Crippen LogP contribution in [0.25, 0.3) is 0 Å². The van der Waals surface area contributed by atoms with E-state index in [2.05, 4.69) is 6.58 Å². The third-order valence-corrected chi connectivity index (χ3v) is 2.71. The summed E-state index contributed by atoms with van der Waals surface area (Å²) >= 11 is 0. The van der Waals surface area contributed by atoms with Crippen molar-refractivity contribution in [1.29, 1.82) is 0 Å². The topological polar surface area (TPSA) is 32.8 Å². The summed E-state index contributed by atoms with van der Waals surface area (Å²) < 4.78 is 5.33. The Morgan fingerprint density at radius 1 is 1.70 bits per heavy atom. The molecule has 2 rings (SSSR count). The third kappa shape index (κ3) is 0.559. The Labute approximate surface area is 60.5 Å². The summed E-state index contributed by atoms with van der Waals surface area (Å²) in [6.45, 7) is 5.63. The average molecular weight is 140 g/mol. The van der Waals surface area contributed by atoms with Gasteiger partial charge in [-0.15, -0.1) is 6.58 Å². The van der Waals surface area contributed by atoms with Gasteiger partial charge in [0, 0.05) is 0 Å². The lowest BCUT2D eigenvalue weighted by molar-refractivity contribution is 0.0449. The maximum Gasteiger partial charge on any atom is 0.119 e. The van der Waals surface area contributed by atoms with Gasteiger partial charge in [0.1, 0.15) is 11.7 Å². The highest BCUT2D eigenvalue weighted by Gasteiger charge is 2.66. The minimum Gasteiger partial charge on any atom is -0.383 e. The van der Waals surface area contributed by atoms with Gasteiger partial charge in [0.05, 0.1) is 5.60 Å². The minimum atomic E-state index is -0.727. The van der Waals surface area contributed by atoms with E-state index < -0.39 is 5.60 Å². The van der Waals surface area contributed by atoms with E-state index in [9.17, 15) is 5.11 Å². The molecule has 0 unspecified atom stereocenters. The second-order valence-corrected chi connectivity index (χ2v) is 3.51. The van der Waals surface area contributed by atoms with Crippen LogP contribution in [0.1, 0.15) is 19.8 Å². The summed E-state index contributed by atoms with van der Waals surface area (Å²) in [4.78, 5) is 0. The normalized spacial score (nSPS) is 58.0. The van der Waals surface area contributed by atoms with E-state index in [0.29, 0.717) is 0 Å². The third-order valence-electron chi connectivity index (χ3n) is 2.71. The molecule has 0 spiro atoms.